The molecule has 6 nitrogen and oxygen atoms in total. The summed E-state index contributed by atoms with van der Waals surface area (Å²) < 4.78 is 43.7. The van der Waals surface area contributed by atoms with Crippen LogP contribution in [0.25, 0.3) is 0 Å². The highest BCUT2D eigenvalue weighted by Crippen LogP contribution is 2.25. The number of nitrogens with zero attached hydrogens (tertiary/aromatic N) is 4. The van der Waals surface area contributed by atoms with Crippen molar-refractivity contribution in [3.8, 4) is 5.88 Å². The lowest BCUT2D eigenvalue weighted by atomic mass is 10.2. The first-order chi connectivity index (χ1) is 12.3. The number of hydrogen-bond donors (Lipinski definition) is 1. The van der Waals surface area contributed by atoms with Crippen molar-refractivity contribution in [1.29, 1.82) is 0 Å². The van der Waals surface area contributed by atoms with Gasteiger partial charge in [-0.25, -0.2) is 9.98 Å². The van der Waals surface area contributed by atoms with E-state index in [1.54, 1.807) is 13.3 Å². The molecule has 1 aliphatic heterocycles. The van der Waals surface area contributed by atoms with Crippen LogP contribution < -0.4 is 10.1 Å². The molecule has 1 N–H and O–H groups in total. The van der Waals surface area contributed by atoms with E-state index in [1.807, 2.05) is 24.0 Å². The number of alkyl halides is 3. The smallest absolute Gasteiger partial charge is 0.403 e. The number of guanidine groups is 1. The van der Waals surface area contributed by atoms with Crippen molar-refractivity contribution < 1.29 is 17.9 Å². The molecule has 0 aliphatic carbocycles. The van der Waals surface area contributed by atoms with E-state index in [1.165, 1.54) is 11.8 Å². The average Bonchev–Trinajstić information content (AvgIpc) is 2.64. The van der Waals surface area contributed by atoms with Gasteiger partial charge in [0.1, 0.15) is 6.04 Å². The van der Waals surface area contributed by atoms with E-state index in [2.05, 4.69) is 15.3 Å². The van der Waals surface area contributed by atoms with Crippen molar-refractivity contribution in [2.24, 2.45) is 4.99 Å². The Labute approximate surface area is 152 Å². The summed E-state index contributed by atoms with van der Waals surface area (Å²) in [5, 5.41) is 3.21. The second kappa shape index (κ2) is 9.07. The molecular weight excluding hydrogens is 347 g/mol. The summed E-state index contributed by atoms with van der Waals surface area (Å²) in [4.78, 5) is 12.1. The highest BCUT2D eigenvalue weighted by Gasteiger charge is 2.41. The van der Waals surface area contributed by atoms with Crippen molar-refractivity contribution in [1.82, 2.24) is 20.1 Å². The summed E-state index contributed by atoms with van der Waals surface area (Å²) in [6.07, 6.45) is -2.53. The number of aliphatic imine (C=N–C) groups is 1. The molecule has 1 aromatic heterocycles. The number of methoxy groups -OCH3 is 1. The Morgan fingerprint density at radius 3 is 2.62 bits per heavy atom. The Balaban J connectivity index is 1.99. The van der Waals surface area contributed by atoms with Gasteiger partial charge in [-0.1, -0.05) is 0 Å². The van der Waals surface area contributed by atoms with Crippen LogP contribution >= 0.6 is 0 Å². The van der Waals surface area contributed by atoms with Gasteiger partial charge in [-0.3, -0.25) is 4.90 Å². The van der Waals surface area contributed by atoms with Gasteiger partial charge in [0, 0.05) is 45.0 Å². The summed E-state index contributed by atoms with van der Waals surface area (Å²) in [6, 6.07) is 2.25. The quantitative estimate of drug-likeness (QED) is 0.633. The first kappa shape index (κ1) is 20.3. The van der Waals surface area contributed by atoms with E-state index in [-0.39, 0.29) is 0 Å². The van der Waals surface area contributed by atoms with Gasteiger partial charge in [-0.15, -0.1) is 0 Å². The van der Waals surface area contributed by atoms with Gasteiger partial charge >= 0.3 is 6.18 Å². The molecule has 0 spiro atoms. The third-order valence-corrected chi connectivity index (χ3v) is 4.39. The van der Waals surface area contributed by atoms with E-state index in [4.69, 9.17) is 4.74 Å². The van der Waals surface area contributed by atoms with Crippen LogP contribution in [0.15, 0.2) is 23.3 Å². The minimum Gasteiger partial charge on any atom is -0.481 e. The van der Waals surface area contributed by atoms with Gasteiger partial charge in [0.05, 0.1) is 13.7 Å². The van der Waals surface area contributed by atoms with Crippen molar-refractivity contribution in [3.63, 3.8) is 0 Å². The van der Waals surface area contributed by atoms with Crippen LogP contribution in [0.3, 0.4) is 0 Å². The molecule has 0 radical (unpaired) electrons. The molecule has 1 fully saturated rings. The lowest BCUT2D eigenvalue weighted by molar-refractivity contribution is -0.181. The molecular formula is C17H26F3N5O. The second-order valence-electron chi connectivity index (χ2n) is 6.12. The molecule has 1 aliphatic rings. The Morgan fingerprint density at radius 1 is 1.35 bits per heavy atom. The van der Waals surface area contributed by atoms with Gasteiger partial charge in [-0.2, -0.15) is 13.2 Å². The van der Waals surface area contributed by atoms with Crippen LogP contribution in [0.1, 0.15) is 19.4 Å². The zero-order chi connectivity index (χ0) is 19.2. The normalized spacial score (nSPS) is 17.9. The molecule has 0 aromatic carbocycles. The number of hydrogen-bond acceptors (Lipinski definition) is 4. The lowest BCUT2D eigenvalue weighted by Crippen LogP contribution is -2.56. The molecule has 2 heterocycles. The lowest BCUT2D eigenvalue weighted by Gasteiger charge is -2.39. The zero-order valence-electron chi connectivity index (χ0n) is 15.4. The Morgan fingerprint density at radius 2 is 2.04 bits per heavy atom. The van der Waals surface area contributed by atoms with E-state index < -0.39 is 12.2 Å². The molecule has 146 valence electrons. The summed E-state index contributed by atoms with van der Waals surface area (Å²) in [7, 11) is 1.56. The maximum absolute atomic E-state index is 12.9. The van der Waals surface area contributed by atoms with Gasteiger partial charge in [0.15, 0.2) is 5.96 Å². The fraction of sp³-hybridized carbons (Fsp3) is 0.647. The third-order valence-electron chi connectivity index (χ3n) is 4.39. The molecule has 26 heavy (non-hydrogen) atoms. The van der Waals surface area contributed by atoms with E-state index >= 15 is 0 Å². The number of ether oxygens (including phenoxy) is 1. The molecule has 0 bridgehead atoms. The number of piperazine rings is 1. The first-order valence-corrected chi connectivity index (χ1v) is 8.68. The van der Waals surface area contributed by atoms with Crippen LogP contribution in [0.4, 0.5) is 13.2 Å². The van der Waals surface area contributed by atoms with E-state index in [9.17, 15) is 13.2 Å². The molecule has 9 heteroatoms. The summed E-state index contributed by atoms with van der Waals surface area (Å²) in [5.74, 6) is 1.24. The monoisotopic (exact) mass is 373 g/mol. The minimum atomic E-state index is -4.19. The van der Waals surface area contributed by atoms with Gasteiger partial charge in [0.2, 0.25) is 5.88 Å². The molecule has 1 saturated heterocycles. The highest BCUT2D eigenvalue weighted by molar-refractivity contribution is 5.80. The Bertz CT molecular complexity index is 600. The molecule has 1 aromatic rings. The van der Waals surface area contributed by atoms with Crippen LogP contribution in [0.5, 0.6) is 5.88 Å². The molecule has 2 rings (SSSR count). The fourth-order valence-corrected chi connectivity index (χ4v) is 2.78. The van der Waals surface area contributed by atoms with Crippen LogP contribution in [-0.4, -0.2) is 72.8 Å². The van der Waals surface area contributed by atoms with Crippen LogP contribution in [-0.2, 0) is 6.54 Å². The van der Waals surface area contributed by atoms with Crippen molar-refractivity contribution in [3.05, 3.63) is 23.9 Å². The van der Waals surface area contributed by atoms with Crippen LogP contribution in [0, 0.1) is 0 Å². The van der Waals surface area contributed by atoms with Crippen molar-refractivity contribution in [2.75, 3.05) is 39.8 Å². The number of aromatic nitrogens is 1. The zero-order valence-corrected chi connectivity index (χ0v) is 15.4. The predicted molar refractivity (Wildman–Crippen MR) is 94.3 cm³/mol. The standard InChI is InChI=1S/C17H26F3N5O/c1-4-21-16(23-12-14-5-6-22-15(11-14)26-3)25-9-7-24(8-10-25)13(2)17(18,19)20/h5-6,11,13H,4,7-10,12H2,1-3H3,(H,21,23). The number of pyridine rings is 1. The van der Waals surface area contributed by atoms with Gasteiger partial charge in [0.25, 0.3) is 0 Å². The van der Waals surface area contributed by atoms with Gasteiger partial charge < -0.3 is 15.0 Å². The topological polar surface area (TPSA) is 53.0 Å². The third kappa shape index (κ3) is 5.48. The molecule has 0 amide bonds. The highest BCUT2D eigenvalue weighted by atomic mass is 19.4. The SMILES string of the molecule is CCNC(=NCc1ccnc(OC)c1)N1CCN(C(C)C(F)(F)F)CC1. The fourth-order valence-electron chi connectivity index (χ4n) is 2.78. The summed E-state index contributed by atoms with van der Waals surface area (Å²) in [5.41, 5.74) is 0.955. The largest absolute Gasteiger partial charge is 0.481 e. The second-order valence-corrected chi connectivity index (χ2v) is 6.12. The van der Waals surface area contributed by atoms with Gasteiger partial charge in [-0.05, 0) is 25.5 Å². The first-order valence-electron chi connectivity index (χ1n) is 8.68. The molecule has 0 saturated carbocycles. The number of rotatable bonds is 5. The van der Waals surface area contributed by atoms with Crippen molar-refractivity contribution >= 4 is 5.96 Å². The maximum Gasteiger partial charge on any atom is 0.403 e. The summed E-state index contributed by atoms with van der Waals surface area (Å²) in [6.45, 7) is 6.04. The summed E-state index contributed by atoms with van der Waals surface area (Å²) >= 11 is 0. The minimum absolute atomic E-state index is 0.355. The number of nitrogens with one attached hydrogen (secondary N) is 1. The van der Waals surface area contributed by atoms with Crippen molar-refractivity contribution in [2.45, 2.75) is 32.6 Å². The Kier molecular flexibility index (Phi) is 7.07. The maximum atomic E-state index is 12.9. The molecule has 1 atom stereocenters. The van der Waals surface area contributed by atoms with E-state index in [0.29, 0.717) is 51.1 Å². The van der Waals surface area contributed by atoms with E-state index in [0.717, 1.165) is 5.56 Å². The Hall–Kier alpha value is -2.03. The number of halogens is 3. The van der Waals surface area contributed by atoms with Crippen LogP contribution in [0.2, 0.25) is 0 Å². The molecule has 1 unspecified atom stereocenters. The predicted octanol–water partition coefficient (Wildman–Crippen LogP) is 2.12. The average molecular weight is 373 g/mol.